The van der Waals surface area contributed by atoms with Crippen LogP contribution in [-0.4, -0.2) is 30.2 Å². The normalized spacial score (nSPS) is 12.4. The summed E-state index contributed by atoms with van der Waals surface area (Å²) in [5.41, 5.74) is -2.42. The number of carbonyl (C=O) groups is 1. The van der Waals surface area contributed by atoms with Gasteiger partial charge in [0.2, 0.25) is 5.78 Å². The summed E-state index contributed by atoms with van der Waals surface area (Å²) in [6.45, 7) is 3.36. The van der Waals surface area contributed by atoms with Crippen molar-refractivity contribution in [1.29, 1.82) is 0 Å². The Hall–Kier alpha value is -2.36. The summed E-state index contributed by atoms with van der Waals surface area (Å²) >= 11 is 0. The van der Waals surface area contributed by atoms with Crippen LogP contribution in [0.25, 0.3) is 0 Å². The topological polar surface area (TPSA) is 89.0 Å². The van der Waals surface area contributed by atoms with E-state index in [0.29, 0.717) is 18.4 Å². The number of hydrogen-bond donors (Lipinski definition) is 1. The molecule has 1 N–H and O–H groups in total. The Morgan fingerprint density at radius 2 is 1.88 bits per heavy atom. The van der Waals surface area contributed by atoms with Crippen molar-refractivity contribution in [3.8, 4) is 0 Å². The van der Waals surface area contributed by atoms with Crippen LogP contribution < -0.4 is 5.56 Å². The molecule has 0 aliphatic heterocycles. The lowest BCUT2D eigenvalue weighted by molar-refractivity contribution is -0.137. The highest BCUT2D eigenvalue weighted by molar-refractivity contribution is 7.90. The van der Waals surface area contributed by atoms with Crippen LogP contribution in [0.2, 0.25) is 0 Å². The number of ketones is 1. The van der Waals surface area contributed by atoms with Gasteiger partial charge < -0.3 is 0 Å². The molecule has 2 aromatic rings. The van der Waals surface area contributed by atoms with Crippen molar-refractivity contribution in [2.24, 2.45) is 0 Å². The lowest BCUT2D eigenvalue weighted by Crippen LogP contribution is -2.22. The molecule has 0 radical (unpaired) electrons. The Kier molecular flexibility index (Phi) is 4.69. The van der Waals surface area contributed by atoms with E-state index in [0.717, 1.165) is 10.7 Å². The van der Waals surface area contributed by atoms with Crippen LogP contribution in [0.5, 0.6) is 0 Å². The van der Waals surface area contributed by atoms with Gasteiger partial charge in [0.05, 0.1) is 10.5 Å². The van der Waals surface area contributed by atoms with Gasteiger partial charge in [0.1, 0.15) is 5.56 Å². The molecule has 0 spiro atoms. The summed E-state index contributed by atoms with van der Waals surface area (Å²) in [5, 5.41) is 2.66. The number of halogens is 3. The molecule has 0 saturated carbocycles. The number of aryl methyl sites for hydroxylation is 2. The summed E-state index contributed by atoms with van der Waals surface area (Å²) in [6, 6.07) is 1.80. The van der Waals surface area contributed by atoms with Crippen molar-refractivity contribution in [2.75, 3.05) is 6.26 Å². The molecule has 6 nitrogen and oxygen atoms in total. The smallest absolute Gasteiger partial charge is 0.299 e. The SMILES string of the molecule is CCn1[nH]c(C)c(C(=O)c2ccc(C(F)(F)F)cc2S(C)(=O)=O)c1=O. The van der Waals surface area contributed by atoms with Crippen LogP contribution in [0, 0.1) is 6.92 Å². The number of sulfone groups is 1. The van der Waals surface area contributed by atoms with Crippen molar-refractivity contribution < 1.29 is 26.4 Å². The van der Waals surface area contributed by atoms with E-state index in [2.05, 4.69) is 5.10 Å². The predicted molar refractivity (Wildman–Crippen MR) is 83.5 cm³/mol. The standard InChI is InChI=1S/C15H15F3N2O4S/c1-4-20-14(22)12(8(2)19-20)13(21)10-6-5-9(15(16,17)18)7-11(10)25(3,23)24/h5-7,19H,4H2,1-3H3. The average Bonchev–Trinajstić information content (AvgIpc) is 2.78. The second-order valence-electron chi connectivity index (χ2n) is 5.47. The fourth-order valence-corrected chi connectivity index (χ4v) is 3.32. The minimum Gasteiger partial charge on any atom is -0.299 e. The van der Waals surface area contributed by atoms with E-state index in [1.54, 1.807) is 6.92 Å². The highest BCUT2D eigenvalue weighted by Crippen LogP contribution is 2.32. The van der Waals surface area contributed by atoms with Gasteiger partial charge in [-0.25, -0.2) is 8.42 Å². The molecule has 0 atom stereocenters. The number of nitrogens with one attached hydrogen (secondary N) is 1. The molecule has 0 amide bonds. The molecular formula is C15H15F3N2O4S. The van der Waals surface area contributed by atoms with Crippen LogP contribution in [-0.2, 0) is 22.6 Å². The van der Waals surface area contributed by atoms with Gasteiger partial charge in [0.15, 0.2) is 9.84 Å². The zero-order chi connectivity index (χ0) is 19.2. The lowest BCUT2D eigenvalue weighted by atomic mass is 10.0. The van der Waals surface area contributed by atoms with Crippen molar-refractivity contribution in [1.82, 2.24) is 9.78 Å². The van der Waals surface area contributed by atoms with Crippen LogP contribution in [0.1, 0.15) is 34.1 Å². The van der Waals surface area contributed by atoms with Crippen molar-refractivity contribution in [3.63, 3.8) is 0 Å². The molecule has 0 saturated heterocycles. The summed E-state index contributed by atoms with van der Waals surface area (Å²) in [5.74, 6) is -0.944. The maximum Gasteiger partial charge on any atom is 0.416 e. The third-order valence-corrected chi connectivity index (χ3v) is 4.77. The first-order valence-electron chi connectivity index (χ1n) is 7.13. The van der Waals surface area contributed by atoms with E-state index in [4.69, 9.17) is 0 Å². The molecule has 25 heavy (non-hydrogen) atoms. The van der Waals surface area contributed by atoms with E-state index in [1.165, 1.54) is 6.92 Å². The third kappa shape index (κ3) is 3.53. The summed E-state index contributed by atoms with van der Waals surface area (Å²) < 4.78 is 63.5. The Labute approximate surface area is 141 Å². The summed E-state index contributed by atoms with van der Waals surface area (Å²) in [6.07, 6.45) is -4.06. The molecule has 0 bridgehead atoms. The molecule has 136 valence electrons. The van der Waals surface area contributed by atoms with Gasteiger partial charge in [-0.15, -0.1) is 0 Å². The summed E-state index contributed by atoms with van der Waals surface area (Å²) in [4.78, 5) is 24.1. The van der Waals surface area contributed by atoms with Crippen LogP contribution >= 0.6 is 0 Å². The van der Waals surface area contributed by atoms with Crippen LogP contribution in [0.4, 0.5) is 13.2 Å². The predicted octanol–water partition coefficient (Wildman–Crippen LogP) is 2.16. The summed E-state index contributed by atoms with van der Waals surface area (Å²) in [7, 11) is -4.13. The molecule has 1 heterocycles. The first-order valence-corrected chi connectivity index (χ1v) is 9.02. The monoisotopic (exact) mass is 376 g/mol. The number of H-pyrrole nitrogens is 1. The highest BCUT2D eigenvalue weighted by atomic mass is 32.2. The maximum atomic E-state index is 12.9. The molecule has 0 aliphatic rings. The van der Waals surface area contributed by atoms with E-state index in [1.807, 2.05) is 0 Å². The Morgan fingerprint density at radius 1 is 1.28 bits per heavy atom. The third-order valence-electron chi connectivity index (χ3n) is 3.63. The van der Waals surface area contributed by atoms with Gasteiger partial charge in [-0.1, -0.05) is 0 Å². The highest BCUT2D eigenvalue weighted by Gasteiger charge is 2.34. The van der Waals surface area contributed by atoms with Crippen LogP contribution in [0.15, 0.2) is 27.9 Å². The van der Waals surface area contributed by atoms with E-state index >= 15 is 0 Å². The molecular weight excluding hydrogens is 361 g/mol. The second kappa shape index (κ2) is 6.17. The zero-order valence-corrected chi connectivity index (χ0v) is 14.4. The fraction of sp³-hybridized carbons (Fsp3) is 0.333. The number of nitrogens with zero attached hydrogens (tertiary/aromatic N) is 1. The largest absolute Gasteiger partial charge is 0.416 e. The molecule has 0 fully saturated rings. The quantitative estimate of drug-likeness (QED) is 0.828. The number of hydrogen-bond acceptors (Lipinski definition) is 4. The fourth-order valence-electron chi connectivity index (χ4n) is 2.42. The van der Waals surface area contributed by atoms with Crippen LogP contribution in [0.3, 0.4) is 0 Å². The van der Waals surface area contributed by atoms with Crippen molar-refractivity contribution in [2.45, 2.75) is 31.5 Å². The molecule has 1 aromatic carbocycles. The van der Waals surface area contributed by atoms with E-state index in [9.17, 15) is 31.2 Å². The minimum absolute atomic E-state index is 0.205. The molecule has 0 unspecified atom stereocenters. The Balaban J connectivity index is 2.73. The van der Waals surface area contributed by atoms with Gasteiger partial charge >= 0.3 is 6.18 Å². The first kappa shape index (κ1) is 19.0. The maximum absolute atomic E-state index is 12.9. The number of carbonyl (C=O) groups excluding carboxylic acids is 1. The second-order valence-corrected chi connectivity index (χ2v) is 7.46. The molecule has 2 rings (SSSR count). The first-order chi connectivity index (χ1) is 11.4. The minimum atomic E-state index is -4.76. The average molecular weight is 376 g/mol. The Morgan fingerprint density at radius 3 is 2.32 bits per heavy atom. The van der Waals surface area contributed by atoms with Gasteiger partial charge in [0.25, 0.3) is 5.56 Å². The van der Waals surface area contributed by atoms with Gasteiger partial charge in [-0.3, -0.25) is 19.4 Å². The Bertz CT molecular complexity index is 1000. The number of aromatic amines is 1. The van der Waals surface area contributed by atoms with Gasteiger partial charge in [-0.05, 0) is 32.0 Å². The number of alkyl halides is 3. The van der Waals surface area contributed by atoms with Gasteiger partial charge in [-0.2, -0.15) is 13.2 Å². The van der Waals surface area contributed by atoms with Crippen molar-refractivity contribution in [3.05, 3.63) is 50.9 Å². The number of rotatable bonds is 4. The van der Waals surface area contributed by atoms with E-state index in [-0.39, 0.29) is 17.8 Å². The molecule has 0 aliphatic carbocycles. The number of benzene rings is 1. The van der Waals surface area contributed by atoms with E-state index < -0.39 is 43.4 Å². The molecule has 10 heteroatoms. The lowest BCUT2D eigenvalue weighted by Gasteiger charge is -2.11. The van der Waals surface area contributed by atoms with Gasteiger partial charge in [0, 0.05) is 24.1 Å². The van der Waals surface area contributed by atoms with Crippen molar-refractivity contribution >= 4 is 15.6 Å². The molecule has 1 aromatic heterocycles. The number of aromatic nitrogens is 2. The zero-order valence-electron chi connectivity index (χ0n) is 13.6.